The van der Waals surface area contributed by atoms with Gasteiger partial charge in [0.1, 0.15) is 0 Å². The molecule has 2 rings (SSSR count). The molecule has 1 aromatic heterocycles. The first kappa shape index (κ1) is 11.4. The van der Waals surface area contributed by atoms with Crippen molar-refractivity contribution >= 4 is 11.7 Å². The molecule has 0 saturated carbocycles. The minimum absolute atomic E-state index is 0.0879. The third-order valence-electron chi connectivity index (χ3n) is 2.90. The number of rotatable bonds is 2. The largest absolute Gasteiger partial charge is 0.409 e. The molecule has 1 atom stereocenters. The number of hydrogen-bond donors (Lipinski definition) is 2. The Balaban J connectivity index is 2.20. The number of amides is 1. The molecule has 90 valence electrons. The summed E-state index contributed by atoms with van der Waals surface area (Å²) < 4.78 is 0. The van der Waals surface area contributed by atoms with Gasteiger partial charge in [-0.05, 0) is 25.0 Å². The van der Waals surface area contributed by atoms with Crippen molar-refractivity contribution in [1.82, 2.24) is 9.88 Å². The zero-order valence-electron chi connectivity index (χ0n) is 9.28. The van der Waals surface area contributed by atoms with E-state index in [0.717, 1.165) is 12.8 Å². The van der Waals surface area contributed by atoms with E-state index >= 15 is 0 Å². The average Bonchev–Trinajstić information content (AvgIpc) is 2.87. The van der Waals surface area contributed by atoms with Crippen LogP contribution in [-0.2, 0) is 0 Å². The van der Waals surface area contributed by atoms with Crippen LogP contribution in [0.15, 0.2) is 29.7 Å². The Morgan fingerprint density at radius 3 is 2.88 bits per heavy atom. The number of amidine groups is 1. The third kappa shape index (κ3) is 2.20. The van der Waals surface area contributed by atoms with Gasteiger partial charge in [0.15, 0.2) is 5.84 Å². The first-order chi connectivity index (χ1) is 8.24. The molecular weight excluding hydrogens is 220 g/mol. The fourth-order valence-corrected chi connectivity index (χ4v) is 2.04. The molecule has 2 heterocycles. The van der Waals surface area contributed by atoms with E-state index in [1.807, 2.05) is 0 Å². The fraction of sp³-hybridized carbons (Fsp3) is 0.364. The highest BCUT2D eigenvalue weighted by atomic mass is 16.4. The summed E-state index contributed by atoms with van der Waals surface area (Å²) >= 11 is 0. The molecule has 1 aliphatic rings. The minimum Gasteiger partial charge on any atom is -0.409 e. The molecule has 0 radical (unpaired) electrons. The van der Waals surface area contributed by atoms with Crippen LogP contribution < -0.4 is 5.73 Å². The van der Waals surface area contributed by atoms with Crippen molar-refractivity contribution in [2.45, 2.75) is 18.9 Å². The molecule has 17 heavy (non-hydrogen) atoms. The van der Waals surface area contributed by atoms with E-state index in [-0.39, 0.29) is 17.8 Å². The average molecular weight is 234 g/mol. The van der Waals surface area contributed by atoms with Gasteiger partial charge in [-0.2, -0.15) is 0 Å². The van der Waals surface area contributed by atoms with Crippen LogP contribution in [0.25, 0.3) is 0 Å². The van der Waals surface area contributed by atoms with Crippen LogP contribution >= 0.6 is 0 Å². The maximum absolute atomic E-state index is 12.2. The highest BCUT2D eigenvalue weighted by molar-refractivity contribution is 5.98. The van der Waals surface area contributed by atoms with Crippen molar-refractivity contribution in [3.8, 4) is 0 Å². The van der Waals surface area contributed by atoms with E-state index in [1.54, 1.807) is 29.4 Å². The van der Waals surface area contributed by atoms with Crippen molar-refractivity contribution in [2.75, 3.05) is 6.54 Å². The van der Waals surface area contributed by atoms with Gasteiger partial charge in [-0.15, -0.1) is 0 Å². The Kier molecular flexibility index (Phi) is 3.22. The zero-order chi connectivity index (χ0) is 12.3. The SMILES string of the molecule is NC(=NO)C1CCCN1C(=O)c1ccncc1. The fourth-order valence-electron chi connectivity index (χ4n) is 2.04. The number of nitrogens with zero attached hydrogens (tertiary/aromatic N) is 3. The predicted molar refractivity (Wildman–Crippen MR) is 61.7 cm³/mol. The minimum atomic E-state index is -0.305. The summed E-state index contributed by atoms with van der Waals surface area (Å²) in [6.07, 6.45) is 4.73. The monoisotopic (exact) mass is 234 g/mol. The van der Waals surface area contributed by atoms with Gasteiger partial charge < -0.3 is 15.8 Å². The smallest absolute Gasteiger partial charge is 0.254 e. The second-order valence-electron chi connectivity index (χ2n) is 3.92. The van der Waals surface area contributed by atoms with Gasteiger partial charge in [-0.3, -0.25) is 9.78 Å². The molecule has 1 amide bonds. The van der Waals surface area contributed by atoms with Crippen LogP contribution in [0.3, 0.4) is 0 Å². The maximum Gasteiger partial charge on any atom is 0.254 e. The Bertz CT molecular complexity index is 432. The van der Waals surface area contributed by atoms with E-state index in [9.17, 15) is 4.79 Å². The predicted octanol–water partition coefficient (Wildman–Crippen LogP) is 0.433. The van der Waals surface area contributed by atoms with Crippen molar-refractivity contribution in [1.29, 1.82) is 0 Å². The van der Waals surface area contributed by atoms with Crippen LogP contribution in [0.1, 0.15) is 23.2 Å². The number of oxime groups is 1. The van der Waals surface area contributed by atoms with Crippen molar-refractivity contribution in [3.63, 3.8) is 0 Å². The lowest BCUT2D eigenvalue weighted by atomic mass is 10.2. The van der Waals surface area contributed by atoms with E-state index in [1.165, 1.54) is 0 Å². The lowest BCUT2D eigenvalue weighted by molar-refractivity contribution is 0.0768. The Morgan fingerprint density at radius 1 is 1.53 bits per heavy atom. The van der Waals surface area contributed by atoms with Crippen LogP contribution in [0, 0.1) is 0 Å². The zero-order valence-corrected chi connectivity index (χ0v) is 9.28. The van der Waals surface area contributed by atoms with Gasteiger partial charge in [0.2, 0.25) is 0 Å². The number of hydrogen-bond acceptors (Lipinski definition) is 4. The lowest BCUT2D eigenvalue weighted by Gasteiger charge is -2.23. The van der Waals surface area contributed by atoms with Gasteiger partial charge >= 0.3 is 0 Å². The summed E-state index contributed by atoms with van der Waals surface area (Å²) in [7, 11) is 0. The van der Waals surface area contributed by atoms with E-state index in [4.69, 9.17) is 10.9 Å². The second-order valence-corrected chi connectivity index (χ2v) is 3.92. The number of likely N-dealkylation sites (tertiary alicyclic amines) is 1. The van der Waals surface area contributed by atoms with Gasteiger partial charge in [0.25, 0.3) is 5.91 Å². The van der Waals surface area contributed by atoms with Gasteiger partial charge in [-0.1, -0.05) is 5.16 Å². The first-order valence-corrected chi connectivity index (χ1v) is 5.42. The molecule has 3 N–H and O–H groups in total. The molecule has 1 aliphatic heterocycles. The number of pyridine rings is 1. The molecular formula is C11H14N4O2. The van der Waals surface area contributed by atoms with Crippen molar-refractivity contribution < 1.29 is 10.0 Å². The van der Waals surface area contributed by atoms with Crippen LogP contribution in [0.4, 0.5) is 0 Å². The third-order valence-corrected chi connectivity index (χ3v) is 2.90. The molecule has 0 spiro atoms. The highest BCUT2D eigenvalue weighted by Gasteiger charge is 2.32. The Labute approximate surface area is 98.7 Å². The first-order valence-electron chi connectivity index (χ1n) is 5.42. The van der Waals surface area contributed by atoms with Gasteiger partial charge in [0, 0.05) is 24.5 Å². The van der Waals surface area contributed by atoms with Crippen molar-refractivity contribution in [3.05, 3.63) is 30.1 Å². The van der Waals surface area contributed by atoms with Crippen LogP contribution in [0.2, 0.25) is 0 Å². The summed E-state index contributed by atoms with van der Waals surface area (Å²) in [4.78, 5) is 17.7. The molecule has 1 aromatic rings. The van der Waals surface area contributed by atoms with Crippen LogP contribution in [-0.4, -0.2) is 39.4 Å². The molecule has 6 heteroatoms. The molecule has 1 fully saturated rings. The van der Waals surface area contributed by atoms with Gasteiger partial charge in [0.05, 0.1) is 6.04 Å². The van der Waals surface area contributed by atoms with E-state index in [2.05, 4.69) is 10.1 Å². The topological polar surface area (TPSA) is 91.8 Å². The van der Waals surface area contributed by atoms with Crippen LogP contribution in [0.5, 0.6) is 0 Å². The summed E-state index contributed by atoms with van der Waals surface area (Å²) in [5, 5.41) is 11.7. The van der Waals surface area contributed by atoms with E-state index < -0.39 is 0 Å². The highest BCUT2D eigenvalue weighted by Crippen LogP contribution is 2.19. The second kappa shape index (κ2) is 4.82. The quantitative estimate of drug-likeness (QED) is 0.336. The summed E-state index contributed by atoms with van der Waals surface area (Å²) in [6.45, 7) is 0.627. The van der Waals surface area contributed by atoms with Gasteiger partial charge in [-0.25, -0.2) is 0 Å². The van der Waals surface area contributed by atoms with Crippen molar-refractivity contribution in [2.24, 2.45) is 10.9 Å². The number of carbonyl (C=O) groups is 1. The summed E-state index contributed by atoms with van der Waals surface area (Å²) in [5.41, 5.74) is 6.15. The standard InChI is InChI=1S/C11H14N4O2/c12-10(14-17)9-2-1-7-15(9)11(16)8-3-5-13-6-4-8/h3-6,9,17H,1-2,7H2,(H2,12,14). The molecule has 1 saturated heterocycles. The molecule has 0 bridgehead atoms. The molecule has 1 unspecified atom stereocenters. The molecule has 6 nitrogen and oxygen atoms in total. The number of carbonyl (C=O) groups excluding carboxylic acids is 1. The number of nitrogens with two attached hydrogens (primary N) is 1. The molecule has 0 aromatic carbocycles. The normalized spacial score (nSPS) is 20.6. The Morgan fingerprint density at radius 2 is 2.24 bits per heavy atom. The summed E-state index contributed by atoms with van der Waals surface area (Å²) in [5.74, 6) is -0.0218. The van der Waals surface area contributed by atoms with E-state index in [0.29, 0.717) is 12.1 Å². The Hall–Kier alpha value is -2.11. The summed E-state index contributed by atoms with van der Waals surface area (Å²) in [6, 6.07) is 3.01. The maximum atomic E-state index is 12.2. The number of aromatic nitrogens is 1. The molecule has 0 aliphatic carbocycles. The lowest BCUT2D eigenvalue weighted by Crippen LogP contribution is -2.43.